The molecule has 0 aromatic carbocycles. The van der Waals surface area contributed by atoms with Crippen molar-refractivity contribution >= 4 is 24.7 Å². The van der Waals surface area contributed by atoms with Gasteiger partial charge in [0.15, 0.2) is 17.7 Å². The third-order valence-corrected chi connectivity index (χ3v) is 3.18. The second kappa shape index (κ2) is 7.04. The normalized spacial score (nSPS) is 27.1. The lowest BCUT2D eigenvalue weighted by Gasteiger charge is -2.16. The number of nitrogen functional groups attached to an aromatic ring is 1. The van der Waals surface area contributed by atoms with Crippen molar-refractivity contribution in [1.29, 1.82) is 0 Å². The standard InChI is InChI=1S/C10H13N5O4.H4NO3P/c11-8-5-9(13-2-12-8)15(3-14-5)10-7(18)6(17)4(1-16)19-10;1-5(2,3)4/h2-4,6-7,10,16-18H,1H2,(H2,11,12,13);(H4,1,2,3,4)/t4-,6-,7-,10-;/m1./s1. The molecule has 9 N–H and O–H groups in total. The Balaban J connectivity index is 0.000000368. The molecule has 0 aliphatic carbocycles. The molecule has 1 saturated heterocycles. The number of nitrogens with two attached hydrogens (primary N) is 2. The third kappa shape index (κ3) is 4.03. The first kappa shape index (κ1) is 18.6. The van der Waals surface area contributed by atoms with Gasteiger partial charge in [0.2, 0.25) is 0 Å². The van der Waals surface area contributed by atoms with Crippen LogP contribution in [0.5, 0.6) is 0 Å². The van der Waals surface area contributed by atoms with E-state index in [-0.39, 0.29) is 5.82 Å². The summed E-state index contributed by atoms with van der Waals surface area (Å²) in [4.78, 5) is 26.7. The molecule has 0 amide bonds. The van der Waals surface area contributed by atoms with Crippen molar-refractivity contribution in [3.05, 3.63) is 12.7 Å². The number of ether oxygens (including phenoxy) is 1. The summed E-state index contributed by atoms with van der Waals surface area (Å²) in [6, 6.07) is 0. The average molecular weight is 364 g/mol. The van der Waals surface area contributed by atoms with E-state index in [0.29, 0.717) is 11.2 Å². The summed E-state index contributed by atoms with van der Waals surface area (Å²) < 4.78 is 16.0. The lowest BCUT2D eigenvalue weighted by Crippen LogP contribution is -2.33. The minimum atomic E-state index is -4.14. The molecule has 3 heterocycles. The van der Waals surface area contributed by atoms with E-state index in [4.69, 9.17) is 29.9 Å². The van der Waals surface area contributed by atoms with Crippen molar-refractivity contribution in [3.8, 4) is 0 Å². The number of hydrogen-bond donors (Lipinski definition) is 7. The smallest absolute Gasteiger partial charge is 0.394 e. The topological polar surface area (TPSA) is 223 Å². The maximum atomic E-state index is 9.95. The molecule has 0 spiro atoms. The van der Waals surface area contributed by atoms with Gasteiger partial charge in [-0.25, -0.2) is 25.0 Å². The lowest BCUT2D eigenvalue weighted by molar-refractivity contribution is -0.0511. The zero-order chi connectivity index (χ0) is 18.1. The summed E-state index contributed by atoms with van der Waals surface area (Å²) in [5.74, 6) is 0.218. The predicted octanol–water partition coefficient (Wildman–Crippen LogP) is -2.94. The van der Waals surface area contributed by atoms with E-state index in [1.807, 2.05) is 0 Å². The van der Waals surface area contributed by atoms with Crippen LogP contribution in [-0.2, 0) is 9.30 Å². The molecule has 3 rings (SSSR count). The van der Waals surface area contributed by atoms with E-state index in [1.165, 1.54) is 17.2 Å². The third-order valence-electron chi connectivity index (χ3n) is 3.18. The molecule has 1 fully saturated rings. The van der Waals surface area contributed by atoms with E-state index in [9.17, 15) is 10.2 Å². The Morgan fingerprint density at radius 1 is 1.25 bits per heavy atom. The van der Waals surface area contributed by atoms with Crippen molar-refractivity contribution in [2.24, 2.45) is 5.50 Å². The van der Waals surface area contributed by atoms with Crippen LogP contribution in [0.1, 0.15) is 6.23 Å². The van der Waals surface area contributed by atoms with Crippen LogP contribution in [0.25, 0.3) is 11.2 Å². The number of aliphatic hydroxyl groups is 3. The summed E-state index contributed by atoms with van der Waals surface area (Å²) in [5.41, 5.74) is 10.5. The Kier molecular flexibility index (Phi) is 5.47. The maximum absolute atomic E-state index is 9.95. The highest BCUT2D eigenvalue weighted by Crippen LogP contribution is 2.31. The van der Waals surface area contributed by atoms with E-state index in [0.717, 1.165) is 0 Å². The van der Waals surface area contributed by atoms with Gasteiger partial charge in [-0.15, -0.1) is 0 Å². The fourth-order valence-electron chi connectivity index (χ4n) is 2.17. The Morgan fingerprint density at radius 2 is 1.88 bits per heavy atom. The average Bonchev–Trinajstić information content (AvgIpc) is 3.01. The Hall–Kier alpha value is -1.70. The number of aromatic nitrogens is 4. The molecular weight excluding hydrogens is 347 g/mol. The van der Waals surface area contributed by atoms with Gasteiger partial charge in [0.05, 0.1) is 12.9 Å². The Bertz CT molecular complexity index is 742. The van der Waals surface area contributed by atoms with E-state index >= 15 is 0 Å². The highest BCUT2D eigenvalue weighted by molar-refractivity contribution is 7.49. The molecule has 14 heteroatoms. The molecule has 0 saturated carbocycles. The quantitative estimate of drug-likeness (QED) is 0.266. The highest BCUT2D eigenvalue weighted by Gasteiger charge is 2.43. The number of anilines is 1. The Morgan fingerprint density at radius 3 is 2.42 bits per heavy atom. The van der Waals surface area contributed by atoms with Crippen molar-refractivity contribution in [1.82, 2.24) is 19.5 Å². The molecule has 0 unspecified atom stereocenters. The molecule has 2 aromatic heterocycles. The fourth-order valence-corrected chi connectivity index (χ4v) is 2.17. The van der Waals surface area contributed by atoms with Gasteiger partial charge in [-0.1, -0.05) is 0 Å². The molecule has 1 aliphatic heterocycles. The van der Waals surface area contributed by atoms with Crippen LogP contribution in [0, 0.1) is 0 Å². The first-order chi connectivity index (χ1) is 11.1. The zero-order valence-corrected chi connectivity index (χ0v) is 13.0. The van der Waals surface area contributed by atoms with Crippen LogP contribution >= 0.6 is 7.75 Å². The van der Waals surface area contributed by atoms with Gasteiger partial charge in [-0.2, -0.15) is 0 Å². The van der Waals surface area contributed by atoms with Gasteiger partial charge < -0.3 is 35.6 Å². The second-order valence-corrected chi connectivity index (χ2v) is 6.08. The minimum absolute atomic E-state index is 0.218. The molecule has 0 radical (unpaired) electrons. The first-order valence-electron chi connectivity index (χ1n) is 6.53. The summed E-state index contributed by atoms with van der Waals surface area (Å²) in [6.07, 6.45) is -1.42. The molecule has 2 aromatic rings. The number of nitrogens with zero attached hydrogens (tertiary/aromatic N) is 4. The molecule has 13 nitrogen and oxygen atoms in total. The predicted molar refractivity (Wildman–Crippen MR) is 79.0 cm³/mol. The zero-order valence-electron chi connectivity index (χ0n) is 12.1. The van der Waals surface area contributed by atoms with Gasteiger partial charge in [0, 0.05) is 0 Å². The van der Waals surface area contributed by atoms with Gasteiger partial charge in [0.1, 0.15) is 30.2 Å². The van der Waals surface area contributed by atoms with Gasteiger partial charge in [-0.05, 0) is 0 Å². The summed E-state index contributed by atoms with van der Waals surface area (Å²) in [6.45, 7) is -0.390. The summed E-state index contributed by atoms with van der Waals surface area (Å²) >= 11 is 0. The summed E-state index contributed by atoms with van der Waals surface area (Å²) in [5, 5.41) is 28.7. The van der Waals surface area contributed by atoms with Crippen molar-refractivity contribution in [2.45, 2.75) is 24.5 Å². The molecule has 24 heavy (non-hydrogen) atoms. The number of fused-ring (bicyclic) bond motifs is 1. The van der Waals surface area contributed by atoms with Crippen molar-refractivity contribution in [2.75, 3.05) is 12.3 Å². The summed E-state index contributed by atoms with van der Waals surface area (Å²) in [7, 11) is -4.14. The maximum Gasteiger partial charge on any atom is 0.397 e. The van der Waals surface area contributed by atoms with Crippen LogP contribution in [0.3, 0.4) is 0 Å². The van der Waals surface area contributed by atoms with Crippen LogP contribution in [0.2, 0.25) is 0 Å². The highest BCUT2D eigenvalue weighted by atomic mass is 31.2. The number of hydrogen-bond acceptors (Lipinski definition) is 9. The largest absolute Gasteiger partial charge is 0.397 e. The fraction of sp³-hybridized carbons (Fsp3) is 0.500. The molecular formula is C10H17N6O7P. The molecule has 134 valence electrons. The lowest BCUT2D eigenvalue weighted by atomic mass is 10.1. The van der Waals surface area contributed by atoms with E-state index in [1.54, 1.807) is 0 Å². The first-order valence-corrected chi connectivity index (χ1v) is 8.21. The number of rotatable bonds is 2. The van der Waals surface area contributed by atoms with Crippen LogP contribution in [0.15, 0.2) is 12.7 Å². The number of imidazole rings is 1. The van der Waals surface area contributed by atoms with E-state index in [2.05, 4.69) is 20.5 Å². The monoisotopic (exact) mass is 364 g/mol. The Labute approximate surface area is 134 Å². The van der Waals surface area contributed by atoms with Crippen LogP contribution < -0.4 is 11.2 Å². The molecule has 1 aliphatic rings. The van der Waals surface area contributed by atoms with Crippen molar-refractivity contribution in [3.63, 3.8) is 0 Å². The minimum Gasteiger partial charge on any atom is -0.394 e. The molecule has 4 atom stereocenters. The van der Waals surface area contributed by atoms with E-state index < -0.39 is 38.9 Å². The van der Waals surface area contributed by atoms with Crippen molar-refractivity contribution < 1.29 is 34.4 Å². The van der Waals surface area contributed by atoms with Gasteiger partial charge in [-0.3, -0.25) is 4.57 Å². The SMILES string of the molecule is NP(=O)(O)O.Nc1ncnc2c1ncn2[C@@H]1O[C@H](CO)[C@@H](O)[C@H]1O. The molecule has 0 bridgehead atoms. The van der Waals surface area contributed by atoms with Gasteiger partial charge >= 0.3 is 7.75 Å². The second-order valence-electron chi connectivity index (χ2n) is 4.90. The van der Waals surface area contributed by atoms with Gasteiger partial charge in [0.25, 0.3) is 0 Å². The number of aliphatic hydroxyl groups excluding tert-OH is 3. The van der Waals surface area contributed by atoms with Crippen LogP contribution in [-0.4, -0.2) is 69.5 Å². The van der Waals surface area contributed by atoms with Crippen LogP contribution in [0.4, 0.5) is 5.82 Å².